The maximum atomic E-state index is 8.71. The largest absolute Gasteiger partial charge is 0.411 e. The molecule has 0 radical (unpaired) electrons. The monoisotopic (exact) mass is 232 g/mol. The molecule has 1 saturated heterocycles. The van der Waals surface area contributed by atoms with Crippen molar-refractivity contribution in [3.63, 3.8) is 0 Å². The SMILES string of the molecule is ON=C1CCN(c2nccn3cnnc23)CC1. The average Bonchev–Trinajstić information content (AvgIpc) is 2.87. The van der Waals surface area contributed by atoms with Crippen molar-refractivity contribution in [1.29, 1.82) is 0 Å². The van der Waals surface area contributed by atoms with E-state index in [2.05, 4.69) is 25.2 Å². The van der Waals surface area contributed by atoms with E-state index < -0.39 is 0 Å². The minimum atomic E-state index is 0.757. The van der Waals surface area contributed by atoms with Crippen molar-refractivity contribution < 1.29 is 5.21 Å². The highest BCUT2D eigenvalue weighted by molar-refractivity contribution is 5.86. The first kappa shape index (κ1) is 10.0. The van der Waals surface area contributed by atoms with Crippen LogP contribution in [0.1, 0.15) is 12.8 Å². The number of fused-ring (bicyclic) bond motifs is 1. The van der Waals surface area contributed by atoms with Crippen LogP contribution in [0.25, 0.3) is 5.65 Å². The Morgan fingerprint density at radius 3 is 2.88 bits per heavy atom. The Labute approximate surface area is 97.4 Å². The van der Waals surface area contributed by atoms with Gasteiger partial charge in [0.05, 0.1) is 5.71 Å². The van der Waals surface area contributed by atoms with Gasteiger partial charge in [-0.05, 0) is 0 Å². The van der Waals surface area contributed by atoms with Crippen LogP contribution in [0.4, 0.5) is 5.82 Å². The molecule has 1 aliphatic rings. The fourth-order valence-electron chi connectivity index (χ4n) is 2.04. The van der Waals surface area contributed by atoms with E-state index >= 15 is 0 Å². The third kappa shape index (κ3) is 1.69. The summed E-state index contributed by atoms with van der Waals surface area (Å²) in [4.78, 5) is 6.49. The highest BCUT2D eigenvalue weighted by Crippen LogP contribution is 2.19. The van der Waals surface area contributed by atoms with Gasteiger partial charge in [-0.1, -0.05) is 5.16 Å². The third-order valence-electron chi connectivity index (χ3n) is 2.98. The number of oxime groups is 1. The first-order chi connectivity index (χ1) is 8.38. The summed E-state index contributed by atoms with van der Waals surface area (Å²) in [5.74, 6) is 0.835. The normalized spacial score (nSPS) is 16.5. The Morgan fingerprint density at radius 2 is 2.12 bits per heavy atom. The maximum Gasteiger partial charge on any atom is 0.203 e. The molecule has 0 amide bonds. The van der Waals surface area contributed by atoms with Crippen molar-refractivity contribution in [1.82, 2.24) is 19.6 Å². The van der Waals surface area contributed by atoms with Crippen molar-refractivity contribution >= 4 is 17.2 Å². The van der Waals surface area contributed by atoms with Crippen molar-refractivity contribution in [3.8, 4) is 0 Å². The minimum Gasteiger partial charge on any atom is -0.411 e. The third-order valence-corrected chi connectivity index (χ3v) is 2.98. The van der Waals surface area contributed by atoms with Crippen molar-refractivity contribution in [2.75, 3.05) is 18.0 Å². The van der Waals surface area contributed by atoms with E-state index in [-0.39, 0.29) is 0 Å². The fourth-order valence-corrected chi connectivity index (χ4v) is 2.04. The molecule has 1 N–H and O–H groups in total. The topological polar surface area (TPSA) is 78.9 Å². The molecule has 2 aromatic rings. The van der Waals surface area contributed by atoms with Gasteiger partial charge in [0.25, 0.3) is 0 Å². The Hall–Kier alpha value is -2.18. The molecule has 17 heavy (non-hydrogen) atoms. The molecule has 2 aromatic heterocycles. The molecule has 1 fully saturated rings. The number of piperidine rings is 1. The lowest BCUT2D eigenvalue weighted by atomic mass is 10.1. The number of rotatable bonds is 1. The van der Waals surface area contributed by atoms with Crippen LogP contribution in [-0.4, -0.2) is 43.6 Å². The maximum absolute atomic E-state index is 8.71. The van der Waals surface area contributed by atoms with Gasteiger partial charge in [0, 0.05) is 38.3 Å². The second-order valence-corrected chi connectivity index (χ2v) is 3.97. The van der Waals surface area contributed by atoms with E-state index in [4.69, 9.17) is 5.21 Å². The highest BCUT2D eigenvalue weighted by Gasteiger charge is 2.19. The number of hydrogen-bond acceptors (Lipinski definition) is 6. The van der Waals surface area contributed by atoms with E-state index in [0.717, 1.165) is 43.1 Å². The molecule has 3 heterocycles. The summed E-state index contributed by atoms with van der Waals surface area (Å²) in [5.41, 5.74) is 1.60. The number of nitrogens with zero attached hydrogens (tertiary/aromatic N) is 6. The highest BCUT2D eigenvalue weighted by atomic mass is 16.4. The number of anilines is 1. The van der Waals surface area contributed by atoms with E-state index in [1.165, 1.54) is 0 Å². The first-order valence-electron chi connectivity index (χ1n) is 5.47. The Kier molecular flexibility index (Phi) is 2.36. The van der Waals surface area contributed by atoms with E-state index in [1.54, 1.807) is 12.5 Å². The second-order valence-electron chi connectivity index (χ2n) is 3.97. The van der Waals surface area contributed by atoms with Gasteiger partial charge in [-0.15, -0.1) is 10.2 Å². The molecule has 0 aliphatic carbocycles. The molecular weight excluding hydrogens is 220 g/mol. The van der Waals surface area contributed by atoms with Crippen molar-refractivity contribution in [2.24, 2.45) is 5.16 Å². The standard InChI is InChI=1S/C10H12N6O/c17-14-8-1-4-15(5-2-8)9-10-13-12-7-16(10)6-3-11-9/h3,6-7,17H,1-2,4-5H2. The van der Waals surface area contributed by atoms with E-state index in [9.17, 15) is 0 Å². The van der Waals surface area contributed by atoms with Crippen LogP contribution in [0, 0.1) is 0 Å². The molecule has 3 rings (SSSR count). The second kappa shape index (κ2) is 4.00. The van der Waals surface area contributed by atoms with Crippen LogP contribution >= 0.6 is 0 Å². The van der Waals surface area contributed by atoms with E-state index in [0.29, 0.717) is 0 Å². The molecule has 88 valence electrons. The summed E-state index contributed by atoms with van der Waals surface area (Å²) in [6, 6.07) is 0. The average molecular weight is 232 g/mol. The molecule has 7 heteroatoms. The quantitative estimate of drug-likeness (QED) is 0.574. The van der Waals surface area contributed by atoms with Crippen LogP contribution < -0.4 is 4.90 Å². The van der Waals surface area contributed by atoms with Gasteiger partial charge in [-0.25, -0.2) is 4.98 Å². The lowest BCUT2D eigenvalue weighted by Crippen LogP contribution is -2.34. The molecule has 0 bridgehead atoms. The molecule has 0 atom stereocenters. The molecule has 7 nitrogen and oxygen atoms in total. The fraction of sp³-hybridized carbons (Fsp3) is 0.400. The molecule has 0 unspecified atom stereocenters. The summed E-state index contributed by atoms with van der Waals surface area (Å²) in [6.45, 7) is 1.58. The van der Waals surface area contributed by atoms with Crippen LogP contribution in [0.15, 0.2) is 23.9 Å². The van der Waals surface area contributed by atoms with Crippen molar-refractivity contribution in [2.45, 2.75) is 12.8 Å². The lowest BCUT2D eigenvalue weighted by Gasteiger charge is -2.27. The summed E-state index contributed by atoms with van der Waals surface area (Å²) < 4.78 is 1.85. The molecule has 1 aliphatic heterocycles. The number of hydrogen-bond donors (Lipinski definition) is 1. The van der Waals surface area contributed by atoms with Gasteiger partial charge >= 0.3 is 0 Å². The van der Waals surface area contributed by atoms with Gasteiger partial charge in [-0.3, -0.25) is 4.40 Å². The summed E-state index contributed by atoms with van der Waals surface area (Å²) >= 11 is 0. The Balaban J connectivity index is 1.92. The van der Waals surface area contributed by atoms with Gasteiger partial charge in [0.1, 0.15) is 6.33 Å². The Morgan fingerprint density at radius 1 is 1.29 bits per heavy atom. The predicted octanol–water partition coefficient (Wildman–Crippen LogP) is 0.555. The molecule has 0 aromatic carbocycles. The molecular formula is C10H12N6O. The van der Waals surface area contributed by atoms with Crippen LogP contribution in [0.5, 0.6) is 0 Å². The van der Waals surface area contributed by atoms with Crippen LogP contribution in [-0.2, 0) is 0 Å². The lowest BCUT2D eigenvalue weighted by molar-refractivity contribution is 0.315. The van der Waals surface area contributed by atoms with Gasteiger partial charge < -0.3 is 10.1 Å². The zero-order valence-electron chi connectivity index (χ0n) is 9.19. The summed E-state index contributed by atoms with van der Waals surface area (Å²) in [7, 11) is 0. The number of aromatic nitrogens is 4. The van der Waals surface area contributed by atoms with Crippen LogP contribution in [0.2, 0.25) is 0 Å². The van der Waals surface area contributed by atoms with Gasteiger partial charge in [0.2, 0.25) is 5.65 Å². The zero-order valence-corrected chi connectivity index (χ0v) is 9.19. The molecule has 0 spiro atoms. The van der Waals surface area contributed by atoms with E-state index in [1.807, 2.05) is 10.6 Å². The summed E-state index contributed by atoms with van der Waals surface area (Å²) in [5, 5.41) is 19.9. The first-order valence-corrected chi connectivity index (χ1v) is 5.47. The molecule has 0 saturated carbocycles. The van der Waals surface area contributed by atoms with Gasteiger partial charge in [0.15, 0.2) is 5.82 Å². The minimum absolute atomic E-state index is 0.757. The Bertz CT molecular complexity index is 553. The predicted molar refractivity (Wildman–Crippen MR) is 61.5 cm³/mol. The summed E-state index contributed by atoms with van der Waals surface area (Å²) in [6.07, 6.45) is 6.73. The smallest absolute Gasteiger partial charge is 0.203 e. The van der Waals surface area contributed by atoms with Crippen molar-refractivity contribution in [3.05, 3.63) is 18.7 Å². The van der Waals surface area contributed by atoms with Gasteiger partial charge in [-0.2, -0.15) is 0 Å². The van der Waals surface area contributed by atoms with Crippen LogP contribution in [0.3, 0.4) is 0 Å². The zero-order chi connectivity index (χ0) is 11.7.